The number of ether oxygens (including phenoxy) is 3. The molecule has 2 aromatic carbocycles. The third kappa shape index (κ3) is 2.88. The summed E-state index contributed by atoms with van der Waals surface area (Å²) in [4.78, 5) is 12.2. The summed E-state index contributed by atoms with van der Waals surface area (Å²) in [7, 11) is 0. The second-order valence-electron chi connectivity index (χ2n) is 7.79. The van der Waals surface area contributed by atoms with E-state index in [9.17, 15) is 4.79 Å². The molecule has 140 valence electrons. The van der Waals surface area contributed by atoms with Crippen LogP contribution in [0.5, 0.6) is 5.75 Å². The maximum atomic E-state index is 12.2. The fourth-order valence-corrected chi connectivity index (χ4v) is 4.36. The van der Waals surface area contributed by atoms with Crippen LogP contribution in [0.2, 0.25) is 0 Å². The molecule has 0 aromatic heterocycles. The molecular formula is C23H24O4. The van der Waals surface area contributed by atoms with Crippen LogP contribution in [-0.4, -0.2) is 19.0 Å². The Kier molecular flexibility index (Phi) is 4.06. The molecule has 2 heterocycles. The quantitative estimate of drug-likeness (QED) is 0.731. The lowest BCUT2D eigenvalue weighted by molar-refractivity contribution is -0.221. The van der Waals surface area contributed by atoms with Crippen molar-refractivity contribution in [2.75, 3.05) is 13.2 Å². The van der Waals surface area contributed by atoms with Gasteiger partial charge < -0.3 is 14.2 Å². The van der Waals surface area contributed by atoms with E-state index in [1.54, 1.807) is 0 Å². The van der Waals surface area contributed by atoms with Crippen molar-refractivity contribution < 1.29 is 19.0 Å². The number of carbonyl (C=O) groups is 1. The van der Waals surface area contributed by atoms with Gasteiger partial charge in [0, 0.05) is 23.1 Å². The van der Waals surface area contributed by atoms with Crippen molar-refractivity contribution in [1.82, 2.24) is 0 Å². The van der Waals surface area contributed by atoms with Crippen molar-refractivity contribution in [2.45, 2.75) is 51.4 Å². The minimum absolute atomic E-state index is 0.236. The molecule has 0 amide bonds. The lowest BCUT2D eigenvalue weighted by Crippen LogP contribution is -2.29. The molecule has 0 spiro atoms. The maximum absolute atomic E-state index is 12.2. The Hall–Kier alpha value is -2.17. The summed E-state index contributed by atoms with van der Waals surface area (Å²) < 4.78 is 18.1. The summed E-state index contributed by atoms with van der Waals surface area (Å²) in [5.41, 5.74) is 6.42. The normalized spacial score (nSPS) is 20.7. The Bertz CT molecular complexity index is 907. The first-order valence-corrected chi connectivity index (χ1v) is 9.89. The topological polar surface area (TPSA) is 44.8 Å². The molecule has 3 aliphatic rings. The largest absolute Gasteiger partial charge is 0.488 e. The van der Waals surface area contributed by atoms with Gasteiger partial charge in [-0.05, 0) is 67.5 Å². The van der Waals surface area contributed by atoms with Crippen molar-refractivity contribution >= 4 is 5.78 Å². The number of aryl methyl sites for hydroxylation is 1. The molecule has 1 fully saturated rings. The molecule has 0 atom stereocenters. The molecule has 0 radical (unpaired) electrons. The van der Waals surface area contributed by atoms with E-state index in [4.69, 9.17) is 14.2 Å². The third-order valence-electron chi connectivity index (χ3n) is 5.95. The van der Waals surface area contributed by atoms with Crippen molar-refractivity contribution in [3.63, 3.8) is 0 Å². The van der Waals surface area contributed by atoms with Crippen molar-refractivity contribution in [3.05, 3.63) is 52.6 Å². The zero-order chi connectivity index (χ0) is 18.4. The van der Waals surface area contributed by atoms with Gasteiger partial charge in [-0.2, -0.15) is 0 Å². The Morgan fingerprint density at radius 1 is 0.852 bits per heavy atom. The predicted octanol–water partition coefficient (Wildman–Crippen LogP) is 4.76. The summed E-state index contributed by atoms with van der Waals surface area (Å²) in [6.45, 7) is 3.93. The van der Waals surface area contributed by atoms with Gasteiger partial charge in [-0.1, -0.05) is 12.1 Å². The fourth-order valence-electron chi connectivity index (χ4n) is 4.36. The maximum Gasteiger partial charge on any atom is 0.191 e. The lowest BCUT2D eigenvalue weighted by Gasteiger charge is -2.30. The van der Waals surface area contributed by atoms with Crippen molar-refractivity contribution in [2.24, 2.45) is 0 Å². The van der Waals surface area contributed by atoms with E-state index in [0.29, 0.717) is 26.2 Å². The van der Waals surface area contributed by atoms with Crippen molar-refractivity contribution in [1.29, 1.82) is 0 Å². The van der Waals surface area contributed by atoms with Gasteiger partial charge in [-0.3, -0.25) is 4.79 Å². The van der Waals surface area contributed by atoms with Gasteiger partial charge in [-0.15, -0.1) is 0 Å². The second-order valence-corrected chi connectivity index (χ2v) is 7.79. The highest BCUT2D eigenvalue weighted by Crippen LogP contribution is 2.42. The Labute approximate surface area is 159 Å². The first-order chi connectivity index (χ1) is 13.1. The molecule has 0 bridgehead atoms. The predicted molar refractivity (Wildman–Crippen MR) is 102 cm³/mol. The molecule has 5 rings (SSSR count). The number of carbonyl (C=O) groups excluding carboxylic acids is 1. The van der Waals surface area contributed by atoms with E-state index < -0.39 is 5.79 Å². The first kappa shape index (κ1) is 17.0. The van der Waals surface area contributed by atoms with Crippen LogP contribution < -0.4 is 4.74 Å². The summed E-state index contributed by atoms with van der Waals surface area (Å²) in [5.74, 6) is 0.352. The van der Waals surface area contributed by atoms with Crippen LogP contribution in [-0.2, 0) is 28.3 Å². The minimum atomic E-state index is -0.700. The van der Waals surface area contributed by atoms with E-state index in [1.807, 2.05) is 13.0 Å². The molecule has 1 aliphatic carbocycles. The van der Waals surface area contributed by atoms with Gasteiger partial charge >= 0.3 is 0 Å². The summed E-state index contributed by atoms with van der Waals surface area (Å²) in [6.07, 6.45) is 4.60. The van der Waals surface area contributed by atoms with Crippen LogP contribution in [0.1, 0.15) is 59.7 Å². The monoisotopic (exact) mass is 364 g/mol. The Morgan fingerprint density at radius 3 is 2.48 bits per heavy atom. The van der Waals surface area contributed by atoms with Gasteiger partial charge in [0.25, 0.3) is 0 Å². The zero-order valence-electron chi connectivity index (χ0n) is 15.7. The highest BCUT2D eigenvalue weighted by atomic mass is 16.7. The minimum Gasteiger partial charge on any atom is -0.488 e. The highest BCUT2D eigenvalue weighted by molar-refractivity contribution is 6.00. The van der Waals surface area contributed by atoms with Gasteiger partial charge in [0.15, 0.2) is 11.6 Å². The molecule has 2 aromatic rings. The second kappa shape index (κ2) is 6.47. The van der Waals surface area contributed by atoms with Crippen LogP contribution in [0.15, 0.2) is 30.3 Å². The standard InChI is InChI=1S/C23H24O4/c1-23(26-9-2-3-10-27-23)17-7-8-18-16(11-17)14-25-22-13-19-15(12-20(18)22)5-4-6-21(19)24/h7-8,11-13H,2-6,9-10,14H2,1H3. The van der Waals surface area contributed by atoms with E-state index in [-0.39, 0.29) is 5.78 Å². The number of fused-ring (bicyclic) bond motifs is 4. The molecule has 2 aliphatic heterocycles. The average molecular weight is 364 g/mol. The van der Waals surface area contributed by atoms with Crippen LogP contribution in [0.25, 0.3) is 11.1 Å². The van der Waals surface area contributed by atoms with Crippen LogP contribution in [0, 0.1) is 0 Å². The smallest absolute Gasteiger partial charge is 0.191 e. The number of Topliss-reactive ketones (excluding diaryl/α,β-unsaturated/α-hetero) is 1. The number of hydrogen-bond acceptors (Lipinski definition) is 4. The highest BCUT2D eigenvalue weighted by Gasteiger charge is 2.32. The summed E-state index contributed by atoms with van der Waals surface area (Å²) >= 11 is 0. The van der Waals surface area contributed by atoms with Gasteiger partial charge in [-0.25, -0.2) is 0 Å². The van der Waals surface area contributed by atoms with Gasteiger partial charge in [0.2, 0.25) is 0 Å². The van der Waals surface area contributed by atoms with E-state index in [1.165, 1.54) is 5.56 Å². The molecule has 4 heteroatoms. The number of benzene rings is 2. The van der Waals surface area contributed by atoms with Gasteiger partial charge in [0.05, 0.1) is 13.2 Å². The summed E-state index contributed by atoms with van der Waals surface area (Å²) in [6, 6.07) is 10.5. The number of ketones is 1. The Balaban J connectivity index is 1.55. The molecule has 0 saturated carbocycles. The van der Waals surface area contributed by atoms with E-state index in [2.05, 4.69) is 24.3 Å². The van der Waals surface area contributed by atoms with Crippen LogP contribution >= 0.6 is 0 Å². The Morgan fingerprint density at radius 2 is 1.67 bits per heavy atom. The average Bonchev–Trinajstić information content (AvgIpc) is 2.92. The number of rotatable bonds is 1. The molecule has 4 nitrogen and oxygen atoms in total. The molecule has 27 heavy (non-hydrogen) atoms. The van der Waals surface area contributed by atoms with Crippen molar-refractivity contribution in [3.8, 4) is 16.9 Å². The molecular weight excluding hydrogens is 340 g/mol. The van der Waals surface area contributed by atoms with E-state index in [0.717, 1.165) is 59.3 Å². The number of hydrogen-bond donors (Lipinski definition) is 0. The lowest BCUT2D eigenvalue weighted by atomic mass is 9.85. The molecule has 0 N–H and O–H groups in total. The molecule has 1 saturated heterocycles. The van der Waals surface area contributed by atoms with Gasteiger partial charge in [0.1, 0.15) is 12.4 Å². The first-order valence-electron chi connectivity index (χ1n) is 9.89. The summed E-state index contributed by atoms with van der Waals surface area (Å²) in [5, 5.41) is 0. The van der Waals surface area contributed by atoms with Crippen LogP contribution in [0.4, 0.5) is 0 Å². The SMILES string of the molecule is CC1(c2ccc3c(c2)COc2cc4c(cc2-3)CCCC4=O)OCCCCO1. The van der Waals surface area contributed by atoms with Crippen LogP contribution in [0.3, 0.4) is 0 Å². The van der Waals surface area contributed by atoms with E-state index >= 15 is 0 Å². The third-order valence-corrected chi connectivity index (χ3v) is 5.95. The zero-order valence-corrected chi connectivity index (χ0v) is 15.7. The molecule has 0 unspecified atom stereocenters. The fraction of sp³-hybridized carbons (Fsp3) is 0.435.